The molecule has 0 fully saturated rings. The molecule has 0 saturated heterocycles. The number of amides is 1. The van der Waals surface area contributed by atoms with Gasteiger partial charge in [-0.25, -0.2) is 0 Å². The van der Waals surface area contributed by atoms with Crippen LogP contribution in [-0.4, -0.2) is 24.7 Å². The van der Waals surface area contributed by atoms with Crippen LogP contribution in [0.15, 0.2) is 78.9 Å². The summed E-state index contributed by atoms with van der Waals surface area (Å²) in [5, 5.41) is 0. The summed E-state index contributed by atoms with van der Waals surface area (Å²) in [7, 11) is 1.49. The molecule has 1 amide bonds. The minimum absolute atomic E-state index is 0.107. The van der Waals surface area contributed by atoms with Gasteiger partial charge in [-0.3, -0.25) is 14.5 Å². The zero-order chi connectivity index (χ0) is 20.6. The van der Waals surface area contributed by atoms with Gasteiger partial charge in [0.25, 0.3) is 5.91 Å². The number of carbonyl (C=O) groups excluding carboxylic acids is 2. The summed E-state index contributed by atoms with van der Waals surface area (Å²) in [4.78, 5) is 26.7. The standard InChI is InChI=1S/C23H17F2NO3/c1-29-17-13-11-16(12-14-17)26-20(18-9-5-6-10-19(18)22(26)28)23(24,25)21(27)15-7-3-2-4-8-15/h2-14,20H,1H3. The molecular weight excluding hydrogens is 376 g/mol. The molecular formula is C23H17F2NO3. The summed E-state index contributed by atoms with van der Waals surface area (Å²) in [6.07, 6.45) is 0. The van der Waals surface area contributed by atoms with E-state index in [2.05, 4.69) is 0 Å². The Balaban J connectivity index is 1.84. The monoisotopic (exact) mass is 393 g/mol. The summed E-state index contributed by atoms with van der Waals surface area (Å²) < 4.78 is 36.3. The number of carbonyl (C=O) groups is 2. The number of hydrogen-bond donors (Lipinski definition) is 0. The smallest absolute Gasteiger partial charge is 0.334 e. The lowest BCUT2D eigenvalue weighted by Gasteiger charge is -2.31. The number of alkyl halides is 2. The van der Waals surface area contributed by atoms with Crippen LogP contribution in [0.4, 0.5) is 14.5 Å². The van der Waals surface area contributed by atoms with Crippen molar-refractivity contribution < 1.29 is 23.1 Å². The first-order valence-corrected chi connectivity index (χ1v) is 8.99. The van der Waals surface area contributed by atoms with E-state index in [0.29, 0.717) is 5.75 Å². The minimum atomic E-state index is -3.83. The van der Waals surface area contributed by atoms with Gasteiger partial charge in [0, 0.05) is 16.8 Å². The summed E-state index contributed by atoms with van der Waals surface area (Å²) in [6.45, 7) is 0. The van der Waals surface area contributed by atoms with Crippen molar-refractivity contribution in [2.24, 2.45) is 0 Å². The number of Topliss-reactive ketones (excluding diaryl/α,β-unsaturated/α-hetero) is 1. The summed E-state index contributed by atoms with van der Waals surface area (Å²) in [6, 6.07) is 18.0. The maximum absolute atomic E-state index is 15.6. The summed E-state index contributed by atoms with van der Waals surface area (Å²) in [5.41, 5.74) is 0.443. The van der Waals surface area contributed by atoms with Crippen LogP contribution in [0.1, 0.15) is 32.3 Å². The number of methoxy groups -OCH3 is 1. The third-order valence-corrected chi connectivity index (χ3v) is 5.00. The van der Waals surface area contributed by atoms with Gasteiger partial charge in [0.2, 0.25) is 5.78 Å². The third-order valence-electron chi connectivity index (χ3n) is 5.00. The van der Waals surface area contributed by atoms with Crippen molar-refractivity contribution in [3.8, 4) is 5.75 Å². The van der Waals surface area contributed by atoms with Crippen LogP contribution in [0.2, 0.25) is 0 Å². The number of rotatable bonds is 5. The molecule has 4 nitrogen and oxygen atoms in total. The van der Waals surface area contributed by atoms with Crippen LogP contribution >= 0.6 is 0 Å². The number of fused-ring (bicyclic) bond motifs is 1. The van der Waals surface area contributed by atoms with Crippen molar-refractivity contribution in [2.75, 3.05) is 12.0 Å². The van der Waals surface area contributed by atoms with Crippen LogP contribution in [-0.2, 0) is 0 Å². The average Bonchev–Trinajstić information content (AvgIpc) is 3.07. The fourth-order valence-corrected chi connectivity index (χ4v) is 3.59. The topological polar surface area (TPSA) is 46.6 Å². The van der Waals surface area contributed by atoms with Gasteiger partial charge < -0.3 is 4.74 Å². The number of hydrogen-bond acceptors (Lipinski definition) is 3. The molecule has 146 valence electrons. The first-order chi connectivity index (χ1) is 13.9. The number of ether oxygens (including phenoxy) is 1. The van der Waals surface area contributed by atoms with Crippen molar-refractivity contribution in [1.29, 1.82) is 0 Å². The van der Waals surface area contributed by atoms with Gasteiger partial charge in [0.15, 0.2) is 0 Å². The van der Waals surface area contributed by atoms with E-state index in [0.717, 1.165) is 4.90 Å². The number of nitrogens with zero attached hydrogens (tertiary/aromatic N) is 1. The van der Waals surface area contributed by atoms with Gasteiger partial charge in [-0.05, 0) is 35.9 Å². The molecule has 1 atom stereocenters. The second-order valence-corrected chi connectivity index (χ2v) is 6.68. The highest BCUT2D eigenvalue weighted by Crippen LogP contribution is 2.47. The molecule has 0 aromatic heterocycles. The fraction of sp³-hybridized carbons (Fsp3) is 0.130. The first kappa shape index (κ1) is 18.8. The highest BCUT2D eigenvalue weighted by atomic mass is 19.3. The fourth-order valence-electron chi connectivity index (χ4n) is 3.59. The molecule has 1 unspecified atom stereocenters. The van der Waals surface area contributed by atoms with Crippen molar-refractivity contribution in [3.63, 3.8) is 0 Å². The number of halogens is 2. The van der Waals surface area contributed by atoms with Crippen LogP contribution in [0, 0.1) is 0 Å². The normalized spacial score (nSPS) is 15.9. The van der Waals surface area contributed by atoms with Gasteiger partial charge in [0.1, 0.15) is 11.8 Å². The summed E-state index contributed by atoms with van der Waals surface area (Å²) in [5.74, 6) is -5.20. The summed E-state index contributed by atoms with van der Waals surface area (Å²) >= 11 is 0. The molecule has 6 heteroatoms. The van der Waals surface area contributed by atoms with Crippen LogP contribution < -0.4 is 9.64 Å². The van der Waals surface area contributed by atoms with Crippen molar-refractivity contribution >= 4 is 17.4 Å². The number of ketones is 1. The van der Waals surface area contributed by atoms with Gasteiger partial charge in [-0.15, -0.1) is 0 Å². The van der Waals surface area contributed by atoms with Crippen LogP contribution in [0.5, 0.6) is 5.75 Å². The molecule has 0 aliphatic carbocycles. The van der Waals surface area contributed by atoms with Crippen molar-refractivity contribution in [3.05, 3.63) is 95.6 Å². The van der Waals surface area contributed by atoms with E-state index in [1.54, 1.807) is 30.3 Å². The SMILES string of the molecule is COc1ccc(N2C(=O)c3ccccc3C2C(F)(F)C(=O)c2ccccc2)cc1. The zero-order valence-corrected chi connectivity index (χ0v) is 15.5. The second-order valence-electron chi connectivity index (χ2n) is 6.68. The zero-order valence-electron chi connectivity index (χ0n) is 15.5. The molecule has 1 aliphatic heterocycles. The quantitative estimate of drug-likeness (QED) is 0.579. The van der Waals surface area contributed by atoms with Crippen molar-refractivity contribution in [2.45, 2.75) is 12.0 Å². The highest BCUT2D eigenvalue weighted by Gasteiger charge is 2.56. The second kappa shape index (κ2) is 7.13. The molecule has 0 radical (unpaired) electrons. The molecule has 1 heterocycles. The predicted octanol–water partition coefficient (Wildman–Crippen LogP) is 4.91. The molecule has 3 aromatic rings. The lowest BCUT2D eigenvalue weighted by molar-refractivity contribution is -0.00697. The van der Waals surface area contributed by atoms with Crippen LogP contribution in [0.25, 0.3) is 0 Å². The molecule has 3 aromatic carbocycles. The van der Waals surface area contributed by atoms with E-state index in [-0.39, 0.29) is 22.4 Å². The Morgan fingerprint density at radius 2 is 1.55 bits per heavy atom. The lowest BCUT2D eigenvalue weighted by atomic mass is 9.93. The third kappa shape index (κ3) is 3.06. The van der Waals surface area contributed by atoms with Gasteiger partial charge >= 0.3 is 5.92 Å². The molecule has 0 bridgehead atoms. The molecule has 0 saturated carbocycles. The molecule has 4 rings (SSSR count). The molecule has 29 heavy (non-hydrogen) atoms. The molecule has 1 aliphatic rings. The van der Waals surface area contributed by atoms with Crippen LogP contribution in [0.3, 0.4) is 0 Å². The molecule has 0 spiro atoms. The first-order valence-electron chi connectivity index (χ1n) is 8.99. The van der Waals surface area contributed by atoms with E-state index in [4.69, 9.17) is 4.74 Å². The van der Waals surface area contributed by atoms with E-state index < -0.39 is 23.7 Å². The number of benzene rings is 3. The van der Waals surface area contributed by atoms with E-state index in [9.17, 15) is 9.59 Å². The van der Waals surface area contributed by atoms with E-state index in [1.807, 2.05) is 0 Å². The Bertz CT molecular complexity index is 1060. The number of anilines is 1. The average molecular weight is 393 g/mol. The van der Waals surface area contributed by atoms with Gasteiger partial charge in [-0.2, -0.15) is 8.78 Å². The predicted molar refractivity (Wildman–Crippen MR) is 105 cm³/mol. The Morgan fingerprint density at radius 1 is 0.931 bits per heavy atom. The Labute approximate surface area is 166 Å². The maximum Gasteiger partial charge on any atom is 0.334 e. The van der Waals surface area contributed by atoms with Gasteiger partial charge in [-0.1, -0.05) is 48.5 Å². The highest BCUT2D eigenvalue weighted by molar-refractivity contribution is 6.13. The Hall–Kier alpha value is -3.54. The largest absolute Gasteiger partial charge is 0.497 e. The maximum atomic E-state index is 15.6. The van der Waals surface area contributed by atoms with Gasteiger partial charge in [0.05, 0.1) is 7.11 Å². The lowest BCUT2D eigenvalue weighted by Crippen LogP contribution is -2.44. The van der Waals surface area contributed by atoms with E-state index in [1.165, 1.54) is 55.6 Å². The Morgan fingerprint density at radius 3 is 2.21 bits per heavy atom. The Kier molecular flexibility index (Phi) is 4.62. The van der Waals surface area contributed by atoms with E-state index >= 15 is 8.78 Å². The minimum Gasteiger partial charge on any atom is -0.497 e. The van der Waals surface area contributed by atoms with Crippen molar-refractivity contribution in [1.82, 2.24) is 0 Å². The molecule has 0 N–H and O–H groups in total.